The Balaban J connectivity index is 1.45. The van der Waals surface area contributed by atoms with E-state index in [4.69, 9.17) is 0 Å². The molecule has 23 heavy (non-hydrogen) atoms. The number of rotatable bonds is 6. The Bertz CT molecular complexity index is 384. The highest BCUT2D eigenvalue weighted by molar-refractivity contribution is 5.78. The summed E-state index contributed by atoms with van der Waals surface area (Å²) in [6.07, 6.45) is 10.8. The van der Waals surface area contributed by atoms with E-state index in [1.807, 2.05) is 0 Å². The molecule has 1 aliphatic carbocycles. The van der Waals surface area contributed by atoms with E-state index in [1.54, 1.807) is 0 Å². The topological polar surface area (TPSA) is 55.8 Å². The molecule has 5 nitrogen and oxygen atoms in total. The largest absolute Gasteiger partial charge is 0.395 e. The summed E-state index contributed by atoms with van der Waals surface area (Å²) in [6, 6.07) is 1.24. The molecule has 2 aliphatic heterocycles. The summed E-state index contributed by atoms with van der Waals surface area (Å²) in [6.45, 7) is 3.99. The maximum atomic E-state index is 12.4. The van der Waals surface area contributed by atoms with Crippen LogP contribution in [0.4, 0.5) is 0 Å². The number of carbonyl (C=O) groups excluding carboxylic acids is 1. The minimum absolute atomic E-state index is 0.212. The summed E-state index contributed by atoms with van der Waals surface area (Å²) in [5.74, 6) is 0.212. The Morgan fingerprint density at radius 2 is 1.61 bits per heavy atom. The molecule has 0 radical (unpaired) electrons. The SMILES string of the molecule is O=C(CN1CCCC1CN1CCCC1CO)NC1CCCCC1. The third-order valence-electron chi connectivity index (χ3n) is 5.97. The molecule has 1 saturated carbocycles. The van der Waals surface area contributed by atoms with Gasteiger partial charge in [-0.25, -0.2) is 0 Å². The molecule has 2 heterocycles. The molecule has 0 bridgehead atoms. The number of nitrogens with zero attached hydrogens (tertiary/aromatic N) is 2. The zero-order valence-corrected chi connectivity index (χ0v) is 14.4. The van der Waals surface area contributed by atoms with Gasteiger partial charge in [0.1, 0.15) is 0 Å². The van der Waals surface area contributed by atoms with Gasteiger partial charge in [-0.2, -0.15) is 0 Å². The molecule has 5 heteroatoms. The Morgan fingerprint density at radius 1 is 0.913 bits per heavy atom. The fraction of sp³-hybridized carbons (Fsp3) is 0.944. The van der Waals surface area contributed by atoms with Crippen LogP contribution < -0.4 is 5.32 Å². The molecular weight excluding hydrogens is 290 g/mol. The monoisotopic (exact) mass is 323 g/mol. The predicted octanol–water partition coefficient (Wildman–Crippen LogP) is 1.36. The van der Waals surface area contributed by atoms with Gasteiger partial charge in [0, 0.05) is 24.7 Å². The highest BCUT2D eigenvalue weighted by Crippen LogP contribution is 2.23. The second-order valence-electron chi connectivity index (χ2n) is 7.64. The zero-order chi connectivity index (χ0) is 16.1. The molecule has 0 aromatic rings. The first-order chi connectivity index (χ1) is 11.3. The van der Waals surface area contributed by atoms with Crippen LogP contribution in [0.2, 0.25) is 0 Å². The molecule has 132 valence electrons. The number of hydrogen-bond acceptors (Lipinski definition) is 4. The first-order valence-corrected chi connectivity index (χ1v) is 9.64. The van der Waals surface area contributed by atoms with E-state index in [2.05, 4.69) is 15.1 Å². The molecule has 2 saturated heterocycles. The number of carbonyl (C=O) groups is 1. The third kappa shape index (κ3) is 4.68. The molecule has 2 atom stereocenters. The van der Waals surface area contributed by atoms with Crippen LogP contribution in [-0.4, -0.2) is 71.7 Å². The van der Waals surface area contributed by atoms with Gasteiger partial charge in [-0.15, -0.1) is 0 Å². The lowest BCUT2D eigenvalue weighted by molar-refractivity contribution is -0.123. The van der Waals surface area contributed by atoms with Crippen LogP contribution in [0.5, 0.6) is 0 Å². The van der Waals surface area contributed by atoms with Crippen LogP contribution in [0.3, 0.4) is 0 Å². The molecule has 0 aromatic carbocycles. The molecule has 1 amide bonds. The van der Waals surface area contributed by atoms with E-state index >= 15 is 0 Å². The molecule has 3 rings (SSSR count). The Morgan fingerprint density at radius 3 is 2.35 bits per heavy atom. The van der Waals surface area contributed by atoms with Crippen molar-refractivity contribution in [1.29, 1.82) is 0 Å². The number of aliphatic hydroxyl groups is 1. The van der Waals surface area contributed by atoms with Crippen molar-refractivity contribution in [1.82, 2.24) is 15.1 Å². The highest BCUT2D eigenvalue weighted by atomic mass is 16.3. The smallest absolute Gasteiger partial charge is 0.234 e. The quantitative estimate of drug-likeness (QED) is 0.775. The molecule has 0 spiro atoms. The molecule has 2 unspecified atom stereocenters. The van der Waals surface area contributed by atoms with Crippen LogP contribution in [0, 0.1) is 0 Å². The first kappa shape index (κ1) is 17.2. The first-order valence-electron chi connectivity index (χ1n) is 9.64. The lowest BCUT2D eigenvalue weighted by Crippen LogP contribution is -2.48. The van der Waals surface area contributed by atoms with Gasteiger partial charge in [-0.1, -0.05) is 19.3 Å². The standard InChI is InChI=1S/C18H33N3O2/c22-14-17-9-5-10-20(17)12-16-8-4-11-21(16)13-18(23)19-15-6-2-1-3-7-15/h15-17,22H,1-14H2,(H,19,23). The van der Waals surface area contributed by atoms with Crippen molar-refractivity contribution >= 4 is 5.91 Å². The Kier molecular flexibility index (Phi) is 6.31. The average molecular weight is 323 g/mol. The molecular formula is C18H33N3O2. The highest BCUT2D eigenvalue weighted by Gasteiger charge is 2.32. The van der Waals surface area contributed by atoms with E-state index in [1.165, 1.54) is 38.5 Å². The van der Waals surface area contributed by atoms with Crippen molar-refractivity contribution in [2.24, 2.45) is 0 Å². The minimum atomic E-state index is 0.212. The van der Waals surface area contributed by atoms with E-state index < -0.39 is 0 Å². The molecule has 2 N–H and O–H groups in total. The Hall–Kier alpha value is -0.650. The van der Waals surface area contributed by atoms with Gasteiger partial charge in [0.25, 0.3) is 0 Å². The van der Waals surface area contributed by atoms with Crippen molar-refractivity contribution in [3.8, 4) is 0 Å². The number of hydrogen-bond donors (Lipinski definition) is 2. The normalized spacial score (nSPS) is 30.8. The van der Waals surface area contributed by atoms with Crippen molar-refractivity contribution in [2.45, 2.75) is 75.9 Å². The van der Waals surface area contributed by atoms with Gasteiger partial charge in [0.15, 0.2) is 0 Å². The van der Waals surface area contributed by atoms with Crippen LogP contribution in [0.15, 0.2) is 0 Å². The maximum Gasteiger partial charge on any atom is 0.234 e. The van der Waals surface area contributed by atoms with Gasteiger partial charge >= 0.3 is 0 Å². The van der Waals surface area contributed by atoms with Crippen molar-refractivity contribution in [2.75, 3.05) is 32.8 Å². The fourth-order valence-electron chi connectivity index (χ4n) is 4.63. The summed E-state index contributed by atoms with van der Waals surface area (Å²) in [5, 5.41) is 12.7. The van der Waals surface area contributed by atoms with Crippen LogP contribution in [0.25, 0.3) is 0 Å². The lowest BCUT2D eigenvalue weighted by atomic mass is 9.95. The second-order valence-corrected chi connectivity index (χ2v) is 7.64. The van der Waals surface area contributed by atoms with Crippen molar-refractivity contribution < 1.29 is 9.90 Å². The zero-order valence-electron chi connectivity index (χ0n) is 14.4. The average Bonchev–Trinajstić information content (AvgIpc) is 3.18. The van der Waals surface area contributed by atoms with Crippen molar-refractivity contribution in [3.05, 3.63) is 0 Å². The Labute approximate surface area is 140 Å². The molecule has 3 fully saturated rings. The molecule has 0 aromatic heterocycles. The summed E-state index contributed by atoms with van der Waals surface area (Å²) in [4.78, 5) is 17.2. The van der Waals surface area contributed by atoms with E-state index in [0.29, 0.717) is 24.7 Å². The van der Waals surface area contributed by atoms with E-state index in [0.717, 1.165) is 38.9 Å². The van der Waals surface area contributed by atoms with Gasteiger partial charge in [-0.05, 0) is 51.6 Å². The van der Waals surface area contributed by atoms with Gasteiger partial charge in [0.2, 0.25) is 5.91 Å². The van der Waals surface area contributed by atoms with Crippen LogP contribution in [0.1, 0.15) is 57.8 Å². The van der Waals surface area contributed by atoms with Crippen molar-refractivity contribution in [3.63, 3.8) is 0 Å². The fourth-order valence-corrected chi connectivity index (χ4v) is 4.63. The van der Waals surface area contributed by atoms with Gasteiger partial charge in [-0.3, -0.25) is 14.6 Å². The number of likely N-dealkylation sites (tertiary alicyclic amines) is 2. The number of nitrogens with one attached hydrogen (secondary N) is 1. The van der Waals surface area contributed by atoms with Crippen LogP contribution >= 0.6 is 0 Å². The van der Waals surface area contributed by atoms with Crippen LogP contribution in [-0.2, 0) is 4.79 Å². The molecule has 3 aliphatic rings. The summed E-state index contributed by atoms with van der Waals surface area (Å²) in [5.41, 5.74) is 0. The summed E-state index contributed by atoms with van der Waals surface area (Å²) >= 11 is 0. The third-order valence-corrected chi connectivity index (χ3v) is 5.97. The second kappa shape index (κ2) is 8.45. The summed E-state index contributed by atoms with van der Waals surface area (Å²) < 4.78 is 0. The number of aliphatic hydroxyl groups excluding tert-OH is 1. The predicted molar refractivity (Wildman–Crippen MR) is 91.3 cm³/mol. The lowest BCUT2D eigenvalue weighted by Gasteiger charge is -2.31. The van der Waals surface area contributed by atoms with E-state index in [9.17, 15) is 9.90 Å². The van der Waals surface area contributed by atoms with Gasteiger partial charge in [0.05, 0.1) is 13.2 Å². The summed E-state index contributed by atoms with van der Waals surface area (Å²) in [7, 11) is 0. The van der Waals surface area contributed by atoms with E-state index in [-0.39, 0.29) is 12.5 Å². The number of amides is 1. The minimum Gasteiger partial charge on any atom is -0.395 e. The maximum absolute atomic E-state index is 12.4. The van der Waals surface area contributed by atoms with Gasteiger partial charge < -0.3 is 10.4 Å².